The summed E-state index contributed by atoms with van der Waals surface area (Å²) in [6.07, 6.45) is -3.14. The number of aromatic amines is 1. The number of ether oxygens (including phenoxy) is 1. The summed E-state index contributed by atoms with van der Waals surface area (Å²) in [5.74, 6) is 0.0506. The van der Waals surface area contributed by atoms with E-state index in [2.05, 4.69) is 5.10 Å². The van der Waals surface area contributed by atoms with E-state index >= 15 is 0 Å². The van der Waals surface area contributed by atoms with Gasteiger partial charge in [0.25, 0.3) is 21.0 Å². The number of hydrogen-bond donors (Lipinski definition) is 1. The van der Waals surface area contributed by atoms with Gasteiger partial charge in [-0.1, -0.05) is 29.3 Å². The van der Waals surface area contributed by atoms with Crippen LogP contribution in [0.3, 0.4) is 0 Å². The molecule has 0 unspecified atom stereocenters. The van der Waals surface area contributed by atoms with Crippen LogP contribution in [0.5, 0.6) is 5.75 Å². The van der Waals surface area contributed by atoms with E-state index in [1.54, 1.807) is 11.1 Å². The Balaban J connectivity index is 2.06. The number of halogens is 5. The Morgan fingerprint density at radius 2 is 1.78 bits per heavy atom. The van der Waals surface area contributed by atoms with Gasteiger partial charge in [-0.3, -0.25) is 9.78 Å². The van der Waals surface area contributed by atoms with E-state index in [1.807, 2.05) is 0 Å². The number of rotatable bonds is 6. The number of H-pyrrole nitrogens is 1. The Bertz CT molecular complexity index is 1400. The van der Waals surface area contributed by atoms with Crippen LogP contribution in [-0.4, -0.2) is 30.3 Å². The molecule has 14 heteroatoms. The SMILES string of the molecule is COc1ccc(Cc2c(Cl)cc(-n3nc(C(F)F)c(=O)[nH]c3=O)cc2Cl)cc1S(=O)(=O)Cl. The second-order valence-corrected chi connectivity index (χ2v) is 9.69. The maximum atomic E-state index is 13.0. The van der Waals surface area contributed by atoms with Gasteiger partial charge in [0.05, 0.1) is 12.8 Å². The first-order chi connectivity index (χ1) is 14.9. The Labute approximate surface area is 193 Å². The highest BCUT2D eigenvalue weighted by molar-refractivity contribution is 8.13. The van der Waals surface area contributed by atoms with Gasteiger partial charge in [0.1, 0.15) is 10.6 Å². The molecule has 0 aliphatic rings. The molecular weight excluding hydrogens is 515 g/mol. The summed E-state index contributed by atoms with van der Waals surface area (Å²) in [4.78, 5) is 25.0. The number of hydrogen-bond acceptors (Lipinski definition) is 6. The van der Waals surface area contributed by atoms with E-state index in [-0.39, 0.29) is 32.8 Å². The number of nitrogens with zero attached hydrogens (tertiary/aromatic N) is 2. The van der Waals surface area contributed by atoms with E-state index in [0.717, 1.165) is 0 Å². The van der Waals surface area contributed by atoms with Gasteiger partial charge in [-0.2, -0.15) is 9.78 Å². The fourth-order valence-corrected chi connectivity index (χ4v) is 4.49. The summed E-state index contributed by atoms with van der Waals surface area (Å²) in [5, 5.41) is 3.47. The molecule has 1 aromatic heterocycles. The molecule has 32 heavy (non-hydrogen) atoms. The van der Waals surface area contributed by atoms with Crippen molar-refractivity contribution in [2.75, 3.05) is 7.11 Å². The molecule has 0 aliphatic heterocycles. The minimum Gasteiger partial charge on any atom is -0.495 e. The lowest BCUT2D eigenvalue weighted by Crippen LogP contribution is -2.34. The monoisotopic (exact) mass is 525 g/mol. The molecule has 0 fully saturated rings. The smallest absolute Gasteiger partial charge is 0.349 e. The van der Waals surface area contributed by atoms with Gasteiger partial charge in [-0.05, 0) is 35.4 Å². The average molecular weight is 527 g/mol. The predicted octanol–water partition coefficient (Wildman–Crippen LogP) is 3.69. The first-order valence-corrected chi connectivity index (χ1v) is 11.6. The average Bonchev–Trinajstić information content (AvgIpc) is 2.69. The minimum atomic E-state index is -4.10. The number of alkyl halides is 2. The van der Waals surface area contributed by atoms with Crippen molar-refractivity contribution >= 4 is 42.9 Å². The highest BCUT2D eigenvalue weighted by atomic mass is 35.7. The van der Waals surface area contributed by atoms with Gasteiger partial charge in [0, 0.05) is 27.1 Å². The molecule has 1 heterocycles. The predicted molar refractivity (Wildman–Crippen MR) is 114 cm³/mol. The van der Waals surface area contributed by atoms with Crippen LogP contribution in [0.2, 0.25) is 10.0 Å². The highest BCUT2D eigenvalue weighted by Crippen LogP contribution is 2.33. The lowest BCUT2D eigenvalue weighted by molar-refractivity contribution is 0.141. The fourth-order valence-electron chi connectivity index (χ4n) is 2.84. The molecular formula is C18H12Cl3F2N3O5S. The number of methoxy groups -OCH3 is 1. The summed E-state index contributed by atoms with van der Waals surface area (Å²) in [6, 6.07) is 6.77. The fraction of sp³-hybridized carbons (Fsp3) is 0.167. The van der Waals surface area contributed by atoms with Crippen molar-refractivity contribution in [2.24, 2.45) is 0 Å². The summed E-state index contributed by atoms with van der Waals surface area (Å²) >= 11 is 12.6. The maximum Gasteiger partial charge on any atom is 0.349 e. The zero-order valence-electron chi connectivity index (χ0n) is 15.9. The van der Waals surface area contributed by atoms with Crippen molar-refractivity contribution in [2.45, 2.75) is 17.7 Å². The molecule has 2 aromatic carbocycles. The molecule has 170 valence electrons. The number of nitrogens with one attached hydrogen (secondary N) is 1. The molecule has 0 amide bonds. The molecule has 1 N–H and O–H groups in total. The van der Waals surface area contributed by atoms with Crippen LogP contribution in [-0.2, 0) is 15.5 Å². The summed E-state index contributed by atoms with van der Waals surface area (Å²) < 4.78 is 55.1. The van der Waals surface area contributed by atoms with Crippen LogP contribution in [0.4, 0.5) is 8.78 Å². The molecule has 0 bridgehead atoms. The summed E-state index contributed by atoms with van der Waals surface area (Å²) in [6.45, 7) is 0. The Morgan fingerprint density at radius 1 is 1.16 bits per heavy atom. The molecule has 8 nitrogen and oxygen atoms in total. The van der Waals surface area contributed by atoms with Gasteiger partial charge in [-0.25, -0.2) is 22.0 Å². The summed E-state index contributed by atoms with van der Waals surface area (Å²) in [5.41, 5.74) is -2.75. The normalized spacial score (nSPS) is 11.7. The maximum absolute atomic E-state index is 13.0. The third-order valence-corrected chi connectivity index (χ3v) is 6.32. The van der Waals surface area contributed by atoms with E-state index in [1.165, 1.54) is 31.4 Å². The molecule has 3 aromatic rings. The lowest BCUT2D eigenvalue weighted by Gasteiger charge is -2.13. The van der Waals surface area contributed by atoms with Crippen LogP contribution in [0, 0.1) is 0 Å². The van der Waals surface area contributed by atoms with Crippen LogP contribution in [0.1, 0.15) is 23.2 Å². The van der Waals surface area contributed by atoms with Crippen molar-refractivity contribution in [1.29, 1.82) is 0 Å². The number of benzene rings is 2. The standard InChI is InChI=1S/C18H12Cl3F2N3O5S/c1-31-13-3-2-8(5-14(13)32(21,29)30)4-10-11(19)6-9(7-12(10)20)26-18(28)24-17(27)15(25-26)16(22)23/h2-3,5-7,16H,4H2,1H3,(H,24,27,28). The van der Waals surface area contributed by atoms with Gasteiger partial charge in [0.15, 0.2) is 5.69 Å². The number of aromatic nitrogens is 3. The molecule has 0 saturated heterocycles. The molecule has 3 rings (SSSR count). The minimum absolute atomic E-state index is 0.0390. The molecule has 0 aliphatic carbocycles. The quantitative estimate of drug-likeness (QED) is 0.491. The second-order valence-electron chi connectivity index (χ2n) is 6.34. The van der Waals surface area contributed by atoms with E-state index in [9.17, 15) is 26.8 Å². The van der Waals surface area contributed by atoms with E-state index < -0.39 is 32.4 Å². The first kappa shape index (κ1) is 24.2. The van der Waals surface area contributed by atoms with Crippen LogP contribution < -0.4 is 16.0 Å². The third kappa shape index (κ3) is 4.96. The van der Waals surface area contributed by atoms with Crippen molar-refractivity contribution in [3.05, 3.63) is 78.0 Å². The van der Waals surface area contributed by atoms with Crippen LogP contribution >= 0.6 is 33.9 Å². The van der Waals surface area contributed by atoms with Gasteiger partial charge >= 0.3 is 5.69 Å². The van der Waals surface area contributed by atoms with Crippen molar-refractivity contribution in [1.82, 2.24) is 14.8 Å². The Kier molecular flexibility index (Phi) is 6.94. The zero-order valence-corrected chi connectivity index (χ0v) is 19.0. The largest absolute Gasteiger partial charge is 0.495 e. The van der Waals surface area contributed by atoms with E-state index in [4.69, 9.17) is 38.6 Å². The lowest BCUT2D eigenvalue weighted by atomic mass is 10.0. The first-order valence-electron chi connectivity index (χ1n) is 8.54. The van der Waals surface area contributed by atoms with Gasteiger partial charge in [0.2, 0.25) is 0 Å². The molecule has 0 saturated carbocycles. The van der Waals surface area contributed by atoms with Crippen LogP contribution in [0.25, 0.3) is 5.69 Å². The van der Waals surface area contributed by atoms with Crippen molar-refractivity contribution in [3.8, 4) is 11.4 Å². The third-order valence-electron chi connectivity index (χ3n) is 4.30. The van der Waals surface area contributed by atoms with E-state index in [0.29, 0.717) is 15.8 Å². The molecule has 0 atom stereocenters. The van der Waals surface area contributed by atoms with Crippen LogP contribution in [0.15, 0.2) is 44.8 Å². The van der Waals surface area contributed by atoms with Crippen molar-refractivity contribution < 1.29 is 21.9 Å². The van der Waals surface area contributed by atoms with Gasteiger partial charge < -0.3 is 4.74 Å². The van der Waals surface area contributed by atoms with Gasteiger partial charge in [-0.15, -0.1) is 0 Å². The molecule has 0 radical (unpaired) electrons. The topological polar surface area (TPSA) is 111 Å². The Morgan fingerprint density at radius 3 is 2.31 bits per heavy atom. The second kappa shape index (κ2) is 9.18. The highest BCUT2D eigenvalue weighted by Gasteiger charge is 2.20. The molecule has 0 spiro atoms. The zero-order chi connectivity index (χ0) is 23.8. The summed E-state index contributed by atoms with van der Waals surface area (Å²) in [7, 11) is 2.64. The van der Waals surface area contributed by atoms with Crippen molar-refractivity contribution in [3.63, 3.8) is 0 Å². The Hall–Kier alpha value is -2.47.